The SMILES string of the molecule is C=C(c1ccccc1)C12CCC(O)C1CC(CCCCCCCCCO)=C2c1ccccc1. The van der Waals surface area contributed by atoms with E-state index in [1.54, 1.807) is 5.57 Å². The van der Waals surface area contributed by atoms with E-state index in [0.717, 1.165) is 38.5 Å². The normalized spacial score (nSPS) is 24.3. The quantitative estimate of drug-likeness (QED) is 0.334. The molecule has 2 N–H and O–H groups in total. The first-order valence-corrected chi connectivity index (χ1v) is 13.0. The Labute approximate surface area is 200 Å². The minimum absolute atomic E-state index is 0.165. The molecule has 0 aliphatic heterocycles. The van der Waals surface area contributed by atoms with Gasteiger partial charge in [-0.3, -0.25) is 0 Å². The van der Waals surface area contributed by atoms with Crippen molar-refractivity contribution in [2.75, 3.05) is 6.61 Å². The molecule has 2 aromatic carbocycles. The Morgan fingerprint density at radius 3 is 2.12 bits per heavy atom. The molecule has 33 heavy (non-hydrogen) atoms. The van der Waals surface area contributed by atoms with Gasteiger partial charge in [0.2, 0.25) is 0 Å². The van der Waals surface area contributed by atoms with Gasteiger partial charge in [0.25, 0.3) is 0 Å². The van der Waals surface area contributed by atoms with E-state index in [1.807, 2.05) is 0 Å². The van der Waals surface area contributed by atoms with Crippen molar-refractivity contribution in [3.63, 3.8) is 0 Å². The maximum absolute atomic E-state index is 11.1. The Morgan fingerprint density at radius 2 is 1.45 bits per heavy atom. The van der Waals surface area contributed by atoms with Crippen LogP contribution >= 0.6 is 0 Å². The van der Waals surface area contributed by atoms with E-state index in [2.05, 4.69) is 67.2 Å². The molecule has 0 spiro atoms. The number of rotatable bonds is 12. The van der Waals surface area contributed by atoms with Crippen LogP contribution in [0.2, 0.25) is 0 Å². The maximum atomic E-state index is 11.1. The minimum Gasteiger partial charge on any atom is -0.396 e. The summed E-state index contributed by atoms with van der Waals surface area (Å²) in [5.74, 6) is 0.230. The fourth-order valence-corrected chi connectivity index (χ4v) is 6.44. The summed E-state index contributed by atoms with van der Waals surface area (Å²) in [6, 6.07) is 21.5. The topological polar surface area (TPSA) is 40.5 Å². The molecule has 2 nitrogen and oxygen atoms in total. The largest absolute Gasteiger partial charge is 0.396 e. The lowest BCUT2D eigenvalue weighted by molar-refractivity contribution is 0.120. The number of benzene rings is 2. The molecular weight excluding hydrogens is 404 g/mol. The second kappa shape index (κ2) is 11.3. The number of hydrogen-bond donors (Lipinski definition) is 2. The molecule has 0 saturated heterocycles. The lowest BCUT2D eigenvalue weighted by atomic mass is 9.66. The van der Waals surface area contributed by atoms with E-state index in [1.165, 1.54) is 54.4 Å². The molecule has 3 unspecified atom stereocenters. The Hall–Kier alpha value is -2.16. The third kappa shape index (κ3) is 5.03. The average Bonchev–Trinajstić information content (AvgIpc) is 3.36. The van der Waals surface area contributed by atoms with Gasteiger partial charge in [0.05, 0.1) is 6.10 Å². The zero-order chi connectivity index (χ0) is 23.1. The number of aliphatic hydroxyl groups excluding tert-OH is 2. The highest BCUT2D eigenvalue weighted by atomic mass is 16.3. The molecule has 4 rings (SSSR count). The van der Waals surface area contributed by atoms with Gasteiger partial charge in [-0.15, -0.1) is 0 Å². The predicted molar refractivity (Wildman–Crippen MR) is 139 cm³/mol. The molecule has 2 aliphatic carbocycles. The first-order valence-electron chi connectivity index (χ1n) is 13.0. The van der Waals surface area contributed by atoms with Gasteiger partial charge in [-0.2, -0.15) is 0 Å². The van der Waals surface area contributed by atoms with Gasteiger partial charge < -0.3 is 10.2 Å². The lowest BCUT2D eigenvalue weighted by Gasteiger charge is -2.37. The van der Waals surface area contributed by atoms with E-state index < -0.39 is 0 Å². The molecule has 1 saturated carbocycles. The van der Waals surface area contributed by atoms with Gasteiger partial charge in [0.15, 0.2) is 0 Å². The summed E-state index contributed by atoms with van der Waals surface area (Å²) >= 11 is 0. The van der Waals surface area contributed by atoms with Gasteiger partial charge in [0, 0.05) is 17.9 Å². The number of hydrogen-bond acceptors (Lipinski definition) is 2. The highest BCUT2D eigenvalue weighted by Gasteiger charge is 2.56. The second-order valence-corrected chi connectivity index (χ2v) is 10.0. The van der Waals surface area contributed by atoms with Gasteiger partial charge in [-0.1, -0.05) is 105 Å². The van der Waals surface area contributed by atoms with Crippen LogP contribution in [-0.4, -0.2) is 22.9 Å². The van der Waals surface area contributed by atoms with E-state index in [0.29, 0.717) is 6.61 Å². The smallest absolute Gasteiger partial charge is 0.0583 e. The minimum atomic E-state index is -0.256. The molecule has 2 aliphatic rings. The van der Waals surface area contributed by atoms with E-state index in [9.17, 15) is 5.11 Å². The molecule has 0 heterocycles. The van der Waals surface area contributed by atoms with Crippen molar-refractivity contribution in [1.82, 2.24) is 0 Å². The van der Waals surface area contributed by atoms with Crippen LogP contribution in [-0.2, 0) is 0 Å². The molecule has 1 fully saturated rings. The average molecular weight is 445 g/mol. The Morgan fingerprint density at radius 1 is 0.848 bits per heavy atom. The lowest BCUT2D eigenvalue weighted by Crippen LogP contribution is -2.29. The fourth-order valence-electron chi connectivity index (χ4n) is 6.44. The highest BCUT2D eigenvalue weighted by Crippen LogP contribution is 2.66. The van der Waals surface area contributed by atoms with Crippen molar-refractivity contribution in [2.45, 2.75) is 76.7 Å². The molecule has 2 aromatic rings. The van der Waals surface area contributed by atoms with Crippen molar-refractivity contribution >= 4 is 11.1 Å². The fraction of sp³-hybridized carbons (Fsp3) is 0.484. The maximum Gasteiger partial charge on any atom is 0.0583 e. The highest BCUT2D eigenvalue weighted by molar-refractivity contribution is 5.90. The molecule has 2 heteroatoms. The van der Waals surface area contributed by atoms with Crippen molar-refractivity contribution in [1.29, 1.82) is 0 Å². The summed E-state index contributed by atoms with van der Waals surface area (Å²) in [6.45, 7) is 4.99. The van der Waals surface area contributed by atoms with Crippen molar-refractivity contribution in [2.24, 2.45) is 11.3 Å². The van der Waals surface area contributed by atoms with Crippen LogP contribution in [0.25, 0.3) is 11.1 Å². The molecule has 176 valence electrons. The van der Waals surface area contributed by atoms with Crippen molar-refractivity contribution < 1.29 is 10.2 Å². The summed E-state index contributed by atoms with van der Waals surface area (Å²) < 4.78 is 0. The third-order valence-electron chi connectivity index (χ3n) is 8.06. The zero-order valence-corrected chi connectivity index (χ0v) is 20.0. The number of unbranched alkanes of at least 4 members (excludes halogenated alkanes) is 6. The van der Waals surface area contributed by atoms with Crippen LogP contribution in [0.3, 0.4) is 0 Å². The molecule has 0 amide bonds. The summed E-state index contributed by atoms with van der Waals surface area (Å²) in [5.41, 5.74) is 6.53. The number of aliphatic hydroxyl groups is 2. The Kier molecular flexibility index (Phi) is 8.22. The molecule has 0 radical (unpaired) electrons. The summed E-state index contributed by atoms with van der Waals surface area (Å²) in [4.78, 5) is 0. The van der Waals surface area contributed by atoms with Crippen molar-refractivity contribution in [3.05, 3.63) is 83.9 Å². The van der Waals surface area contributed by atoms with Crippen LogP contribution in [0, 0.1) is 11.3 Å². The monoisotopic (exact) mass is 444 g/mol. The zero-order valence-electron chi connectivity index (χ0n) is 20.0. The Balaban J connectivity index is 1.58. The predicted octanol–water partition coefficient (Wildman–Crippen LogP) is 7.43. The summed E-state index contributed by atoms with van der Waals surface area (Å²) in [6.07, 6.45) is 12.0. The van der Waals surface area contributed by atoms with E-state index >= 15 is 0 Å². The first-order chi connectivity index (χ1) is 16.2. The van der Waals surface area contributed by atoms with E-state index in [4.69, 9.17) is 5.11 Å². The molecule has 0 aromatic heterocycles. The van der Waals surface area contributed by atoms with Gasteiger partial charge >= 0.3 is 0 Å². The van der Waals surface area contributed by atoms with Crippen molar-refractivity contribution in [3.8, 4) is 0 Å². The van der Waals surface area contributed by atoms with Crippen LogP contribution in [0.5, 0.6) is 0 Å². The van der Waals surface area contributed by atoms with Crippen LogP contribution in [0.4, 0.5) is 0 Å². The summed E-state index contributed by atoms with van der Waals surface area (Å²) in [5, 5.41) is 20.0. The standard InChI is InChI=1S/C31H40O2/c1-24(25-15-10-7-11-16-25)31-21-20-29(33)28(31)23-27(30(31)26-17-12-8-13-18-26)19-9-5-3-2-4-6-14-22-32/h7-8,10-13,15-18,28-29,32-33H,1-6,9,14,19-23H2. The number of fused-ring (bicyclic) bond motifs is 1. The van der Waals surface area contributed by atoms with Gasteiger partial charge in [-0.05, 0) is 60.8 Å². The Bertz CT molecular complexity index is 930. The molecule has 0 bridgehead atoms. The van der Waals surface area contributed by atoms with E-state index in [-0.39, 0.29) is 17.4 Å². The van der Waals surface area contributed by atoms with Gasteiger partial charge in [-0.25, -0.2) is 0 Å². The molecular formula is C31H40O2. The summed E-state index contributed by atoms with van der Waals surface area (Å²) in [7, 11) is 0. The van der Waals surface area contributed by atoms with Gasteiger partial charge in [0.1, 0.15) is 0 Å². The van der Waals surface area contributed by atoms with Crippen LogP contribution < -0.4 is 0 Å². The molecule has 3 atom stereocenters. The third-order valence-corrected chi connectivity index (χ3v) is 8.06. The number of allylic oxidation sites excluding steroid dienone is 3. The first kappa shape index (κ1) is 24.0. The van der Waals surface area contributed by atoms with Crippen LogP contribution in [0.15, 0.2) is 72.8 Å². The second-order valence-electron chi connectivity index (χ2n) is 10.0. The van der Waals surface area contributed by atoms with Crippen LogP contribution in [0.1, 0.15) is 81.8 Å².